The van der Waals surface area contributed by atoms with Gasteiger partial charge in [0.1, 0.15) is 0 Å². The van der Waals surface area contributed by atoms with Gasteiger partial charge in [0.2, 0.25) is 0 Å². The monoisotopic (exact) mass is 477 g/mol. The number of hydrogen-bond donors (Lipinski definition) is 0. The maximum atomic E-state index is 5.12. The summed E-state index contributed by atoms with van der Waals surface area (Å²) in [5, 5.41) is 6.61. The van der Waals surface area contributed by atoms with E-state index in [-0.39, 0.29) is 44.0 Å². The smallest absolute Gasteiger partial charge is 0.681 e. The Labute approximate surface area is 214 Å². The van der Waals surface area contributed by atoms with Crippen LogP contribution < -0.4 is 0 Å². The zero-order chi connectivity index (χ0) is 18.8. The summed E-state index contributed by atoms with van der Waals surface area (Å²) >= 11 is 1.96. The molecule has 3 heteroatoms. The van der Waals surface area contributed by atoms with Gasteiger partial charge in [-0.25, -0.2) is 0 Å². The molecular formula is C29H35NSTi. The van der Waals surface area contributed by atoms with Gasteiger partial charge in [-0.2, -0.15) is 0 Å². The predicted molar refractivity (Wildman–Crippen MR) is 140 cm³/mol. The molecule has 1 saturated carbocycles. The molecule has 1 aromatic heterocycles. The van der Waals surface area contributed by atoms with Gasteiger partial charge in [0, 0.05) is 9.58 Å². The molecule has 0 saturated heterocycles. The van der Waals surface area contributed by atoms with Gasteiger partial charge in [-0.05, 0) is 59.6 Å². The van der Waals surface area contributed by atoms with Crippen LogP contribution in [0.3, 0.4) is 0 Å². The summed E-state index contributed by atoms with van der Waals surface area (Å²) in [7, 11) is 0. The Morgan fingerprint density at radius 3 is 2.56 bits per heavy atom. The summed E-state index contributed by atoms with van der Waals surface area (Å²) < 4.78 is 1.44. The Hall–Kier alpha value is -1.35. The normalized spacial score (nSPS) is 26.8. The Morgan fingerprint density at radius 2 is 1.75 bits per heavy atom. The van der Waals surface area contributed by atoms with Gasteiger partial charge >= 0.3 is 21.7 Å². The van der Waals surface area contributed by atoms with E-state index in [9.17, 15) is 0 Å². The zero-order valence-electron chi connectivity index (χ0n) is 20.1. The van der Waals surface area contributed by atoms with Crippen molar-refractivity contribution in [2.24, 2.45) is 11.8 Å². The van der Waals surface area contributed by atoms with E-state index < -0.39 is 0 Å². The molecule has 1 nitrogen and oxygen atoms in total. The largest absolute Gasteiger partial charge is 4.00 e. The molecule has 2 aromatic carbocycles. The Kier molecular flexibility index (Phi) is 8.65. The number of rotatable bonds is 1. The van der Waals surface area contributed by atoms with Gasteiger partial charge in [0.25, 0.3) is 0 Å². The number of aryl methyl sites for hydroxylation is 1. The van der Waals surface area contributed by atoms with E-state index in [0.29, 0.717) is 29.7 Å². The Balaban J connectivity index is 0.000000907. The molecule has 0 amide bonds. The fourth-order valence-corrected chi connectivity index (χ4v) is 7.28. The number of para-hydroxylation sites is 1. The van der Waals surface area contributed by atoms with E-state index in [2.05, 4.69) is 68.5 Å². The minimum Gasteiger partial charge on any atom is -0.681 e. The summed E-state index contributed by atoms with van der Waals surface area (Å²) in [5.74, 6) is 2.51. The first-order valence-corrected chi connectivity index (χ1v) is 11.5. The molecular weight excluding hydrogens is 442 g/mol. The van der Waals surface area contributed by atoms with E-state index in [1.807, 2.05) is 11.3 Å². The molecule has 5 atom stereocenters. The van der Waals surface area contributed by atoms with E-state index >= 15 is 0 Å². The van der Waals surface area contributed by atoms with Crippen LogP contribution in [-0.4, -0.2) is 6.04 Å². The first kappa shape index (κ1) is 26.9. The number of hydrogen-bond acceptors (Lipinski definition) is 1. The third-order valence-corrected chi connectivity index (χ3v) is 8.46. The second-order valence-corrected chi connectivity index (χ2v) is 10.1. The molecule has 1 aliphatic heterocycles. The summed E-state index contributed by atoms with van der Waals surface area (Å²) in [6.45, 7) is 4.74. The molecule has 0 spiro atoms. The first-order valence-electron chi connectivity index (χ1n) is 10.7. The van der Waals surface area contributed by atoms with Crippen LogP contribution in [0.15, 0.2) is 48.5 Å². The number of allylic oxidation sites excluding steroid dienone is 1. The standard InChI is InChI=1S/C26H26NS.3CH3.Ti/c1-15-14-21-18(12-13-23-25(21)19-7-3-4-9-22(19)28-23)24(15)20-8-5-6-17-11-10-16(2)27-26(17)20;;;;/h3-9,12-13,15-16,18,21,24H,10-11,14H2,1-2H3;3*1H3;/q4*-1;+4. The van der Waals surface area contributed by atoms with Crippen LogP contribution in [0.25, 0.3) is 21.5 Å². The van der Waals surface area contributed by atoms with Crippen molar-refractivity contribution in [2.75, 3.05) is 0 Å². The summed E-state index contributed by atoms with van der Waals surface area (Å²) in [6.07, 6.45) is 8.60. The van der Waals surface area contributed by atoms with Gasteiger partial charge in [-0.3, -0.25) is 0 Å². The summed E-state index contributed by atoms with van der Waals surface area (Å²) in [5.41, 5.74) is 5.93. The van der Waals surface area contributed by atoms with Crippen molar-refractivity contribution in [3.63, 3.8) is 0 Å². The minimum atomic E-state index is 0. The van der Waals surface area contributed by atoms with Crippen LogP contribution in [0.2, 0.25) is 0 Å². The third-order valence-electron chi connectivity index (χ3n) is 7.31. The molecule has 0 radical (unpaired) electrons. The molecule has 2 heterocycles. The van der Waals surface area contributed by atoms with Crippen molar-refractivity contribution < 1.29 is 21.7 Å². The number of nitrogens with zero attached hydrogens (tertiary/aromatic N) is 1. The molecule has 166 valence electrons. The maximum Gasteiger partial charge on any atom is 4.00 e. The number of benzene rings is 2. The molecule has 32 heavy (non-hydrogen) atoms. The zero-order valence-corrected chi connectivity index (χ0v) is 22.4. The van der Waals surface area contributed by atoms with Gasteiger partial charge in [-0.1, -0.05) is 73.9 Å². The van der Waals surface area contributed by atoms with Crippen molar-refractivity contribution in [3.8, 4) is 0 Å². The van der Waals surface area contributed by atoms with E-state index in [4.69, 9.17) is 5.32 Å². The predicted octanol–water partition coefficient (Wildman–Crippen LogP) is 9.14. The Bertz CT molecular complexity index is 1100. The number of fused-ring (bicyclic) bond motifs is 6. The van der Waals surface area contributed by atoms with Crippen LogP contribution in [-0.2, 0) is 28.1 Å². The van der Waals surface area contributed by atoms with Gasteiger partial charge in [0.05, 0.1) is 0 Å². The Morgan fingerprint density at radius 1 is 0.969 bits per heavy atom. The molecule has 3 aromatic rings. The van der Waals surface area contributed by atoms with Crippen molar-refractivity contribution in [1.29, 1.82) is 0 Å². The second kappa shape index (κ2) is 10.3. The molecule has 0 N–H and O–H groups in total. The molecule has 3 aliphatic rings. The van der Waals surface area contributed by atoms with Crippen molar-refractivity contribution in [1.82, 2.24) is 0 Å². The van der Waals surface area contributed by atoms with Crippen LogP contribution in [0, 0.1) is 34.1 Å². The molecule has 1 fully saturated rings. The van der Waals surface area contributed by atoms with Crippen LogP contribution in [0.5, 0.6) is 0 Å². The van der Waals surface area contributed by atoms with E-state index in [1.54, 1.807) is 5.56 Å². The third kappa shape index (κ3) is 4.04. The van der Waals surface area contributed by atoms with Crippen molar-refractivity contribution >= 4 is 33.2 Å². The van der Waals surface area contributed by atoms with E-state index in [1.165, 1.54) is 51.0 Å². The molecule has 5 unspecified atom stereocenters. The fourth-order valence-electron chi connectivity index (χ4n) is 6.09. The van der Waals surface area contributed by atoms with Crippen LogP contribution in [0.4, 0.5) is 5.69 Å². The molecule has 6 rings (SSSR count). The summed E-state index contributed by atoms with van der Waals surface area (Å²) in [4.78, 5) is 1.49. The SMILES string of the molecule is CC1CCc2cccc(C3C(C)CC4c5c(sc6ccccc56)C=CC43)c2[N-]1.[CH3-].[CH3-].[CH3-].[Ti+4]. The first-order chi connectivity index (χ1) is 13.7. The van der Waals surface area contributed by atoms with E-state index in [0.717, 1.165) is 0 Å². The molecule has 0 bridgehead atoms. The topological polar surface area (TPSA) is 14.1 Å². The maximum absolute atomic E-state index is 5.12. The van der Waals surface area contributed by atoms with Crippen molar-refractivity contribution in [2.45, 2.75) is 51.0 Å². The van der Waals surface area contributed by atoms with Gasteiger partial charge < -0.3 is 27.6 Å². The van der Waals surface area contributed by atoms with Gasteiger partial charge in [-0.15, -0.1) is 23.1 Å². The van der Waals surface area contributed by atoms with Crippen molar-refractivity contribution in [3.05, 3.63) is 97.7 Å². The van der Waals surface area contributed by atoms with Crippen LogP contribution in [0.1, 0.15) is 60.1 Å². The quantitative estimate of drug-likeness (QED) is 0.245. The number of thiophene rings is 1. The van der Waals surface area contributed by atoms with Crippen LogP contribution >= 0.6 is 11.3 Å². The molecule has 2 aliphatic carbocycles. The van der Waals surface area contributed by atoms with Gasteiger partial charge in [0.15, 0.2) is 0 Å². The second-order valence-electron chi connectivity index (χ2n) is 9.03. The fraction of sp³-hybridized carbons (Fsp3) is 0.345. The minimum absolute atomic E-state index is 0. The summed E-state index contributed by atoms with van der Waals surface area (Å²) in [6, 6.07) is 16.4. The average Bonchev–Trinajstić information content (AvgIpc) is 3.24. The average molecular weight is 478 g/mol.